The normalized spacial score (nSPS) is 17.1. The van der Waals surface area contributed by atoms with Gasteiger partial charge in [-0.05, 0) is 36.6 Å². The van der Waals surface area contributed by atoms with Gasteiger partial charge in [0.05, 0.1) is 18.4 Å². The second-order valence-corrected chi connectivity index (χ2v) is 7.77. The summed E-state index contributed by atoms with van der Waals surface area (Å²) in [7, 11) is -3.43. The molecule has 4 nitrogen and oxygen atoms in total. The summed E-state index contributed by atoms with van der Waals surface area (Å²) in [6, 6.07) is 13.5. The SMILES string of the molecule is O=S(=O)(CCCc1ccccc1)NC1CCOc2ccc(F)cc21. The fourth-order valence-electron chi connectivity index (χ4n) is 2.87. The second kappa shape index (κ2) is 7.32. The molecule has 0 aliphatic carbocycles. The van der Waals surface area contributed by atoms with Crippen LogP contribution in [-0.2, 0) is 16.4 Å². The Morgan fingerprint density at radius 2 is 1.96 bits per heavy atom. The molecule has 1 unspecified atom stereocenters. The average molecular weight is 349 g/mol. The highest BCUT2D eigenvalue weighted by Gasteiger charge is 2.26. The van der Waals surface area contributed by atoms with E-state index in [0.29, 0.717) is 37.2 Å². The third-order valence-corrected chi connectivity index (χ3v) is 5.52. The van der Waals surface area contributed by atoms with Crippen molar-refractivity contribution in [2.45, 2.75) is 25.3 Å². The molecular formula is C18H20FNO3S. The van der Waals surface area contributed by atoms with Gasteiger partial charge in [0.1, 0.15) is 11.6 Å². The van der Waals surface area contributed by atoms with Crippen LogP contribution in [0, 0.1) is 5.82 Å². The van der Waals surface area contributed by atoms with E-state index in [-0.39, 0.29) is 5.75 Å². The first kappa shape index (κ1) is 16.9. The van der Waals surface area contributed by atoms with Crippen molar-refractivity contribution >= 4 is 10.0 Å². The molecule has 1 atom stereocenters. The van der Waals surface area contributed by atoms with Gasteiger partial charge in [0, 0.05) is 12.0 Å². The summed E-state index contributed by atoms with van der Waals surface area (Å²) < 4.78 is 46.3. The first-order valence-corrected chi connectivity index (χ1v) is 9.65. The zero-order chi connectivity index (χ0) is 17.0. The number of aryl methyl sites for hydroxylation is 1. The maximum Gasteiger partial charge on any atom is 0.212 e. The number of fused-ring (bicyclic) bond motifs is 1. The summed E-state index contributed by atoms with van der Waals surface area (Å²) in [5, 5.41) is 0. The fraction of sp³-hybridized carbons (Fsp3) is 0.333. The number of sulfonamides is 1. The van der Waals surface area contributed by atoms with Crippen molar-refractivity contribution in [1.82, 2.24) is 4.72 Å². The van der Waals surface area contributed by atoms with Crippen molar-refractivity contribution < 1.29 is 17.5 Å². The van der Waals surface area contributed by atoms with Gasteiger partial charge >= 0.3 is 0 Å². The molecule has 2 aromatic carbocycles. The summed E-state index contributed by atoms with van der Waals surface area (Å²) >= 11 is 0. The van der Waals surface area contributed by atoms with Crippen LogP contribution >= 0.6 is 0 Å². The molecule has 1 heterocycles. The molecule has 0 fully saturated rings. The number of ether oxygens (including phenoxy) is 1. The molecule has 0 spiro atoms. The molecule has 1 N–H and O–H groups in total. The maximum absolute atomic E-state index is 13.5. The summed E-state index contributed by atoms with van der Waals surface area (Å²) in [4.78, 5) is 0. The number of nitrogens with one attached hydrogen (secondary N) is 1. The van der Waals surface area contributed by atoms with Gasteiger partial charge in [-0.2, -0.15) is 0 Å². The van der Waals surface area contributed by atoms with Crippen LogP contribution in [0.3, 0.4) is 0 Å². The van der Waals surface area contributed by atoms with Crippen LogP contribution in [-0.4, -0.2) is 20.8 Å². The van der Waals surface area contributed by atoms with Crippen molar-refractivity contribution in [3.63, 3.8) is 0 Å². The van der Waals surface area contributed by atoms with Gasteiger partial charge in [-0.1, -0.05) is 30.3 Å². The highest BCUT2D eigenvalue weighted by Crippen LogP contribution is 2.32. The highest BCUT2D eigenvalue weighted by molar-refractivity contribution is 7.89. The largest absolute Gasteiger partial charge is 0.493 e. The number of halogens is 1. The number of hydrogen-bond donors (Lipinski definition) is 1. The molecule has 0 saturated heterocycles. The van der Waals surface area contributed by atoms with E-state index in [1.807, 2.05) is 30.3 Å². The monoisotopic (exact) mass is 349 g/mol. The van der Waals surface area contributed by atoms with Crippen molar-refractivity contribution in [3.05, 3.63) is 65.5 Å². The van der Waals surface area contributed by atoms with Crippen LogP contribution in [0.5, 0.6) is 5.75 Å². The maximum atomic E-state index is 13.5. The number of benzene rings is 2. The molecule has 0 saturated carbocycles. The van der Waals surface area contributed by atoms with Gasteiger partial charge in [0.2, 0.25) is 10.0 Å². The van der Waals surface area contributed by atoms with Gasteiger partial charge in [-0.3, -0.25) is 0 Å². The van der Waals surface area contributed by atoms with Gasteiger partial charge in [0.15, 0.2) is 0 Å². The van der Waals surface area contributed by atoms with Crippen LogP contribution in [0.1, 0.15) is 30.0 Å². The zero-order valence-electron chi connectivity index (χ0n) is 13.2. The summed E-state index contributed by atoms with van der Waals surface area (Å²) in [5.74, 6) is 0.191. The Hall–Kier alpha value is -1.92. The smallest absolute Gasteiger partial charge is 0.212 e. The minimum Gasteiger partial charge on any atom is -0.493 e. The molecule has 0 amide bonds. The molecule has 128 valence electrons. The van der Waals surface area contributed by atoms with E-state index in [9.17, 15) is 12.8 Å². The Labute approximate surface area is 141 Å². The Morgan fingerprint density at radius 3 is 2.75 bits per heavy atom. The van der Waals surface area contributed by atoms with E-state index in [0.717, 1.165) is 5.56 Å². The van der Waals surface area contributed by atoms with E-state index < -0.39 is 21.9 Å². The third-order valence-electron chi connectivity index (χ3n) is 4.05. The second-order valence-electron chi connectivity index (χ2n) is 5.90. The highest BCUT2D eigenvalue weighted by atomic mass is 32.2. The molecule has 1 aliphatic heterocycles. The quantitative estimate of drug-likeness (QED) is 0.871. The predicted octanol–water partition coefficient (Wildman–Crippen LogP) is 3.20. The Balaban J connectivity index is 1.62. The van der Waals surface area contributed by atoms with Crippen molar-refractivity contribution in [2.75, 3.05) is 12.4 Å². The summed E-state index contributed by atoms with van der Waals surface area (Å²) in [6.07, 6.45) is 1.74. The van der Waals surface area contributed by atoms with E-state index in [2.05, 4.69) is 4.72 Å². The zero-order valence-corrected chi connectivity index (χ0v) is 14.1. The summed E-state index contributed by atoms with van der Waals surface area (Å²) in [6.45, 7) is 0.413. The first-order chi connectivity index (χ1) is 11.5. The lowest BCUT2D eigenvalue weighted by Crippen LogP contribution is -2.34. The lowest BCUT2D eigenvalue weighted by atomic mass is 10.0. The Kier molecular flexibility index (Phi) is 5.16. The molecule has 2 aromatic rings. The average Bonchev–Trinajstić information content (AvgIpc) is 2.56. The minimum atomic E-state index is -3.43. The summed E-state index contributed by atoms with van der Waals surface area (Å²) in [5.41, 5.74) is 1.68. The molecule has 1 aliphatic rings. The molecular weight excluding hydrogens is 329 g/mol. The van der Waals surface area contributed by atoms with E-state index in [4.69, 9.17) is 4.74 Å². The molecule has 3 rings (SSSR count). The Morgan fingerprint density at radius 1 is 1.17 bits per heavy atom. The molecule has 6 heteroatoms. The van der Waals surface area contributed by atoms with Gasteiger partial charge < -0.3 is 4.74 Å². The van der Waals surface area contributed by atoms with Crippen molar-refractivity contribution in [2.24, 2.45) is 0 Å². The minimum absolute atomic E-state index is 0.0455. The lowest BCUT2D eigenvalue weighted by molar-refractivity contribution is 0.262. The molecule has 0 aromatic heterocycles. The molecule has 0 radical (unpaired) electrons. The van der Waals surface area contributed by atoms with Gasteiger partial charge in [-0.15, -0.1) is 0 Å². The third kappa shape index (κ3) is 4.33. The Bertz CT molecular complexity index is 793. The van der Waals surface area contributed by atoms with E-state index >= 15 is 0 Å². The van der Waals surface area contributed by atoms with Crippen LogP contribution in [0.25, 0.3) is 0 Å². The van der Waals surface area contributed by atoms with Crippen LogP contribution in [0.15, 0.2) is 48.5 Å². The van der Waals surface area contributed by atoms with Crippen LogP contribution in [0.2, 0.25) is 0 Å². The van der Waals surface area contributed by atoms with Gasteiger partial charge in [-0.25, -0.2) is 17.5 Å². The standard InChI is InChI=1S/C18H20FNO3S/c19-15-8-9-18-16(13-15)17(10-11-23-18)20-24(21,22)12-4-7-14-5-2-1-3-6-14/h1-3,5-6,8-9,13,17,20H,4,7,10-12H2. The van der Waals surface area contributed by atoms with Crippen molar-refractivity contribution in [3.8, 4) is 5.75 Å². The predicted molar refractivity (Wildman–Crippen MR) is 90.9 cm³/mol. The molecule has 0 bridgehead atoms. The van der Waals surface area contributed by atoms with Crippen LogP contribution in [0.4, 0.5) is 4.39 Å². The van der Waals surface area contributed by atoms with E-state index in [1.165, 1.54) is 12.1 Å². The number of rotatable bonds is 6. The fourth-order valence-corrected chi connectivity index (χ4v) is 4.19. The topological polar surface area (TPSA) is 55.4 Å². The first-order valence-electron chi connectivity index (χ1n) is 8.00. The van der Waals surface area contributed by atoms with E-state index in [1.54, 1.807) is 6.07 Å². The van der Waals surface area contributed by atoms with Crippen LogP contribution < -0.4 is 9.46 Å². The lowest BCUT2D eigenvalue weighted by Gasteiger charge is -2.26. The van der Waals surface area contributed by atoms with Gasteiger partial charge in [0.25, 0.3) is 0 Å². The number of hydrogen-bond acceptors (Lipinski definition) is 3. The molecule has 24 heavy (non-hydrogen) atoms. The van der Waals surface area contributed by atoms with Crippen molar-refractivity contribution in [1.29, 1.82) is 0 Å².